The normalized spacial score (nSPS) is 34.5. The maximum Gasteiger partial charge on any atom is 0.259 e. The van der Waals surface area contributed by atoms with Gasteiger partial charge in [0.2, 0.25) is 0 Å². The number of carbonyl (C=O) groups is 1. The van der Waals surface area contributed by atoms with Crippen LogP contribution in [-0.4, -0.2) is 33.9 Å². The number of anilines is 1. The van der Waals surface area contributed by atoms with Crippen LogP contribution in [0.2, 0.25) is 0 Å². The van der Waals surface area contributed by atoms with E-state index in [9.17, 15) is 14.9 Å². The van der Waals surface area contributed by atoms with E-state index in [-0.39, 0.29) is 22.8 Å². The summed E-state index contributed by atoms with van der Waals surface area (Å²) in [5.74, 6) is -0.624. The van der Waals surface area contributed by atoms with Crippen LogP contribution in [0.5, 0.6) is 0 Å². The first-order valence-corrected chi connectivity index (χ1v) is 9.40. The van der Waals surface area contributed by atoms with Crippen LogP contribution in [0.25, 0.3) is 0 Å². The molecule has 2 fully saturated rings. The molecule has 3 heterocycles. The van der Waals surface area contributed by atoms with Crippen molar-refractivity contribution in [3.63, 3.8) is 0 Å². The Kier molecular flexibility index (Phi) is 3.28. The molecule has 5 rings (SSSR count). The van der Waals surface area contributed by atoms with E-state index in [0.29, 0.717) is 12.2 Å². The Bertz CT molecular complexity index is 947. The number of fused-ring (bicyclic) bond motifs is 4. The van der Waals surface area contributed by atoms with Gasteiger partial charge in [0.05, 0.1) is 5.92 Å². The number of carbonyl (C=O) groups excluding carboxylic acids is 1. The van der Waals surface area contributed by atoms with Gasteiger partial charge in [-0.1, -0.05) is 48.5 Å². The highest BCUT2D eigenvalue weighted by Crippen LogP contribution is 2.63. The minimum atomic E-state index is -1.46. The average molecular weight is 363 g/mol. The Morgan fingerprint density at radius 3 is 2.59 bits per heavy atom. The fourth-order valence-electron chi connectivity index (χ4n) is 5.93. The van der Waals surface area contributed by atoms with E-state index in [2.05, 4.69) is 10.2 Å². The molecular weight excluding hydrogens is 342 g/mol. The SMILES string of the molecule is C[C@@]1([N+](=O)[O-])[C@@H](c2ccccc2)[C@@H]2CCCN2[C@@]12C(=O)Nc1ccccc12. The van der Waals surface area contributed by atoms with E-state index in [1.165, 1.54) is 0 Å². The lowest BCUT2D eigenvalue weighted by Crippen LogP contribution is -2.62. The number of rotatable bonds is 2. The molecule has 6 nitrogen and oxygen atoms in total. The summed E-state index contributed by atoms with van der Waals surface area (Å²) in [6.07, 6.45) is 1.80. The van der Waals surface area contributed by atoms with E-state index in [1.807, 2.05) is 54.6 Å². The van der Waals surface area contributed by atoms with Crippen LogP contribution in [0.15, 0.2) is 54.6 Å². The highest BCUT2D eigenvalue weighted by atomic mass is 16.6. The lowest BCUT2D eigenvalue weighted by Gasteiger charge is -2.38. The van der Waals surface area contributed by atoms with Gasteiger partial charge in [-0.15, -0.1) is 0 Å². The molecule has 1 N–H and O–H groups in total. The molecule has 0 saturated carbocycles. The third-order valence-corrected chi connectivity index (χ3v) is 6.88. The van der Waals surface area contributed by atoms with Crippen molar-refractivity contribution in [1.82, 2.24) is 4.90 Å². The van der Waals surface area contributed by atoms with E-state index >= 15 is 0 Å². The van der Waals surface area contributed by atoms with Gasteiger partial charge >= 0.3 is 0 Å². The van der Waals surface area contributed by atoms with Gasteiger partial charge in [-0.05, 0) is 24.5 Å². The fourth-order valence-corrected chi connectivity index (χ4v) is 5.93. The van der Waals surface area contributed by atoms with Crippen LogP contribution in [0.1, 0.15) is 36.8 Å². The van der Waals surface area contributed by atoms with Crippen LogP contribution >= 0.6 is 0 Å². The maximum atomic E-state index is 13.4. The zero-order chi connectivity index (χ0) is 18.8. The summed E-state index contributed by atoms with van der Waals surface area (Å²) in [6.45, 7) is 2.36. The molecule has 3 aliphatic rings. The van der Waals surface area contributed by atoms with Gasteiger partial charge in [-0.3, -0.25) is 19.8 Å². The van der Waals surface area contributed by atoms with Crippen LogP contribution in [-0.2, 0) is 10.3 Å². The summed E-state index contributed by atoms with van der Waals surface area (Å²) in [5.41, 5.74) is -0.387. The van der Waals surface area contributed by atoms with Crippen molar-refractivity contribution >= 4 is 11.6 Å². The molecule has 2 aromatic carbocycles. The highest BCUT2D eigenvalue weighted by Gasteiger charge is 2.80. The second-order valence-electron chi connectivity index (χ2n) is 7.91. The molecule has 138 valence electrons. The molecule has 6 heteroatoms. The molecule has 1 amide bonds. The van der Waals surface area contributed by atoms with Crippen molar-refractivity contribution in [2.24, 2.45) is 0 Å². The molecule has 2 saturated heterocycles. The average Bonchev–Trinajstić information content (AvgIpc) is 3.30. The minimum absolute atomic E-state index is 0.0280. The first-order valence-electron chi connectivity index (χ1n) is 9.40. The smallest absolute Gasteiger partial charge is 0.259 e. The van der Waals surface area contributed by atoms with E-state index in [0.717, 1.165) is 24.0 Å². The number of hydrogen-bond donors (Lipinski definition) is 1. The summed E-state index contributed by atoms with van der Waals surface area (Å²) in [6, 6.07) is 17.1. The molecule has 2 aromatic rings. The van der Waals surface area contributed by atoms with Gasteiger partial charge in [0.25, 0.3) is 11.4 Å². The summed E-state index contributed by atoms with van der Waals surface area (Å²) in [7, 11) is 0. The van der Waals surface area contributed by atoms with E-state index < -0.39 is 11.1 Å². The number of nitrogens with one attached hydrogen (secondary N) is 1. The predicted octanol–water partition coefficient (Wildman–Crippen LogP) is 3.13. The van der Waals surface area contributed by atoms with Gasteiger partial charge in [0.15, 0.2) is 5.54 Å². The topological polar surface area (TPSA) is 75.5 Å². The van der Waals surface area contributed by atoms with Gasteiger partial charge < -0.3 is 5.32 Å². The van der Waals surface area contributed by atoms with Crippen LogP contribution in [0, 0.1) is 10.1 Å². The van der Waals surface area contributed by atoms with Crippen molar-refractivity contribution in [3.8, 4) is 0 Å². The maximum absolute atomic E-state index is 13.4. The number of nitro groups is 1. The van der Waals surface area contributed by atoms with Crippen molar-refractivity contribution in [1.29, 1.82) is 0 Å². The summed E-state index contributed by atoms with van der Waals surface area (Å²) in [5, 5.41) is 15.6. The van der Waals surface area contributed by atoms with Crippen LogP contribution < -0.4 is 5.32 Å². The Labute approximate surface area is 157 Å². The molecule has 1 spiro atoms. The third kappa shape index (κ3) is 1.76. The van der Waals surface area contributed by atoms with E-state index in [1.54, 1.807) is 6.92 Å². The molecule has 0 bridgehead atoms. The number of para-hydroxylation sites is 1. The Balaban J connectivity index is 1.84. The standard InChI is InChI=1S/C21H21N3O3/c1-20(24(26)27)18(14-8-3-2-4-9-14)17-12-7-13-23(17)21(20)15-10-5-6-11-16(15)22-19(21)25/h2-6,8-11,17-18H,7,12-13H2,1H3,(H,22,25)/t17-,18-,20+,21-/m0/s1. The van der Waals surface area contributed by atoms with Crippen molar-refractivity contribution in [3.05, 3.63) is 75.8 Å². The van der Waals surface area contributed by atoms with Crippen LogP contribution in [0.4, 0.5) is 5.69 Å². The van der Waals surface area contributed by atoms with Crippen molar-refractivity contribution in [2.75, 3.05) is 11.9 Å². The highest BCUT2D eigenvalue weighted by molar-refractivity contribution is 6.07. The van der Waals surface area contributed by atoms with Gasteiger partial charge in [-0.25, -0.2) is 0 Å². The number of hydrogen-bond acceptors (Lipinski definition) is 4. The first kappa shape index (κ1) is 16.4. The van der Waals surface area contributed by atoms with Gasteiger partial charge in [0, 0.05) is 35.7 Å². The van der Waals surface area contributed by atoms with Crippen LogP contribution in [0.3, 0.4) is 0 Å². The van der Waals surface area contributed by atoms with E-state index in [4.69, 9.17) is 0 Å². The molecule has 0 radical (unpaired) electrons. The number of nitrogens with zero attached hydrogens (tertiary/aromatic N) is 2. The fraction of sp³-hybridized carbons (Fsp3) is 0.381. The molecule has 0 unspecified atom stereocenters. The Morgan fingerprint density at radius 2 is 1.85 bits per heavy atom. The second kappa shape index (κ2) is 5.39. The minimum Gasteiger partial charge on any atom is -0.324 e. The number of amides is 1. The first-order chi connectivity index (χ1) is 13.0. The molecule has 0 aromatic heterocycles. The van der Waals surface area contributed by atoms with Gasteiger partial charge in [-0.2, -0.15) is 0 Å². The predicted molar refractivity (Wildman–Crippen MR) is 101 cm³/mol. The summed E-state index contributed by atoms with van der Waals surface area (Å²) < 4.78 is 0. The Morgan fingerprint density at radius 1 is 1.15 bits per heavy atom. The molecule has 3 aliphatic heterocycles. The number of benzene rings is 2. The lowest BCUT2D eigenvalue weighted by atomic mass is 9.67. The monoisotopic (exact) mass is 363 g/mol. The van der Waals surface area contributed by atoms with Gasteiger partial charge in [0.1, 0.15) is 0 Å². The molecule has 27 heavy (non-hydrogen) atoms. The second-order valence-corrected chi connectivity index (χ2v) is 7.91. The summed E-state index contributed by atoms with van der Waals surface area (Å²) in [4.78, 5) is 28.0. The largest absolute Gasteiger partial charge is 0.324 e. The Hall–Kier alpha value is -2.73. The lowest BCUT2D eigenvalue weighted by molar-refractivity contribution is -0.579. The molecule has 0 aliphatic carbocycles. The summed E-state index contributed by atoms with van der Waals surface area (Å²) >= 11 is 0. The zero-order valence-corrected chi connectivity index (χ0v) is 15.1. The van der Waals surface area contributed by atoms with Crippen molar-refractivity contribution < 1.29 is 9.72 Å². The quantitative estimate of drug-likeness (QED) is 0.657. The zero-order valence-electron chi connectivity index (χ0n) is 15.1. The van der Waals surface area contributed by atoms with Crippen molar-refractivity contribution in [2.45, 2.75) is 42.8 Å². The third-order valence-electron chi connectivity index (χ3n) is 6.88. The molecular formula is C21H21N3O3. The molecule has 4 atom stereocenters.